The lowest BCUT2D eigenvalue weighted by molar-refractivity contribution is -0.121. The van der Waals surface area contributed by atoms with E-state index in [0.717, 1.165) is 5.56 Å². The Balaban J connectivity index is 1.80. The van der Waals surface area contributed by atoms with Crippen molar-refractivity contribution < 1.29 is 17.9 Å². The topological polar surface area (TPSA) is 84.5 Å². The molecule has 0 saturated carbocycles. The van der Waals surface area contributed by atoms with E-state index in [4.69, 9.17) is 16.3 Å². The Hall–Kier alpha value is -2.09. The van der Waals surface area contributed by atoms with Gasteiger partial charge in [0.25, 0.3) is 0 Å². The fourth-order valence-electron chi connectivity index (χ4n) is 2.28. The maximum absolute atomic E-state index is 12.4. The van der Waals surface area contributed by atoms with Crippen LogP contribution < -0.4 is 14.8 Å². The van der Waals surface area contributed by atoms with Crippen LogP contribution in [0.3, 0.4) is 0 Å². The Morgan fingerprint density at radius 1 is 1.15 bits per heavy atom. The van der Waals surface area contributed by atoms with Crippen LogP contribution in [0.4, 0.5) is 0 Å². The summed E-state index contributed by atoms with van der Waals surface area (Å²) in [5.74, 6) is 0.0795. The molecule has 0 aliphatic heterocycles. The van der Waals surface area contributed by atoms with Crippen molar-refractivity contribution in [2.45, 2.75) is 24.3 Å². The van der Waals surface area contributed by atoms with Crippen LogP contribution in [0.25, 0.3) is 0 Å². The molecule has 8 heteroatoms. The fraction of sp³-hybridized carbons (Fsp3) is 0.278. The molecule has 0 unspecified atom stereocenters. The molecule has 0 fully saturated rings. The van der Waals surface area contributed by atoms with E-state index in [1.54, 1.807) is 6.07 Å². The molecule has 0 aliphatic carbocycles. The number of nitrogens with one attached hydrogen (secondary N) is 2. The van der Waals surface area contributed by atoms with E-state index in [9.17, 15) is 13.2 Å². The first-order valence-corrected chi connectivity index (χ1v) is 9.92. The Bertz CT molecular complexity index is 842. The molecule has 1 amide bonds. The average Bonchev–Trinajstić information content (AvgIpc) is 2.64. The number of hydrogen-bond acceptors (Lipinski definition) is 4. The lowest BCUT2D eigenvalue weighted by Gasteiger charge is -2.11. The van der Waals surface area contributed by atoms with Crippen LogP contribution in [0, 0.1) is 0 Å². The lowest BCUT2D eigenvalue weighted by Crippen LogP contribution is -2.27. The highest BCUT2D eigenvalue weighted by Crippen LogP contribution is 2.26. The fourth-order valence-corrected chi connectivity index (χ4v) is 3.78. The molecule has 0 aromatic heterocycles. The van der Waals surface area contributed by atoms with Gasteiger partial charge in [0.05, 0.1) is 7.11 Å². The highest BCUT2D eigenvalue weighted by Gasteiger charge is 2.19. The van der Waals surface area contributed by atoms with Crippen molar-refractivity contribution in [2.75, 3.05) is 13.7 Å². The van der Waals surface area contributed by atoms with E-state index in [0.29, 0.717) is 18.0 Å². The first kappa shape index (κ1) is 20.2. The van der Waals surface area contributed by atoms with Crippen LogP contribution in [0.1, 0.15) is 18.4 Å². The van der Waals surface area contributed by atoms with Crippen LogP contribution in [0.2, 0.25) is 5.02 Å². The third-order valence-corrected chi connectivity index (χ3v) is 5.34. The van der Waals surface area contributed by atoms with Gasteiger partial charge < -0.3 is 10.1 Å². The predicted molar refractivity (Wildman–Crippen MR) is 101 cm³/mol. The molecule has 0 aliphatic rings. The second-order valence-electron chi connectivity index (χ2n) is 5.56. The summed E-state index contributed by atoms with van der Waals surface area (Å²) in [5, 5.41) is 3.10. The quantitative estimate of drug-likeness (QED) is 0.638. The van der Waals surface area contributed by atoms with E-state index in [1.807, 2.05) is 30.3 Å². The number of methoxy groups -OCH3 is 1. The maximum Gasteiger partial charge on any atom is 0.244 e. The zero-order chi connectivity index (χ0) is 19.0. The van der Waals surface area contributed by atoms with Gasteiger partial charge in [-0.25, -0.2) is 13.1 Å². The number of carbonyl (C=O) groups is 1. The number of amides is 1. The van der Waals surface area contributed by atoms with E-state index in [2.05, 4.69) is 10.0 Å². The summed E-state index contributed by atoms with van der Waals surface area (Å²) in [6, 6.07) is 13.9. The Labute approximate surface area is 158 Å². The molecule has 0 radical (unpaired) electrons. The van der Waals surface area contributed by atoms with Crippen molar-refractivity contribution >= 4 is 27.5 Å². The van der Waals surface area contributed by atoms with Gasteiger partial charge in [0, 0.05) is 24.5 Å². The smallest absolute Gasteiger partial charge is 0.244 e. The summed E-state index contributed by atoms with van der Waals surface area (Å²) in [5.41, 5.74) is 1.01. The highest BCUT2D eigenvalue weighted by atomic mass is 35.5. The molecule has 140 valence electrons. The first-order valence-electron chi connectivity index (χ1n) is 8.06. The summed E-state index contributed by atoms with van der Waals surface area (Å²) in [6.45, 7) is 0.585. The second-order valence-corrected chi connectivity index (χ2v) is 7.73. The molecule has 0 saturated heterocycles. The number of hydrogen-bond donors (Lipinski definition) is 2. The zero-order valence-corrected chi connectivity index (χ0v) is 15.9. The van der Waals surface area contributed by atoms with E-state index in [-0.39, 0.29) is 29.5 Å². The van der Waals surface area contributed by atoms with Crippen molar-refractivity contribution in [2.24, 2.45) is 0 Å². The van der Waals surface area contributed by atoms with Gasteiger partial charge in [-0.15, -0.1) is 0 Å². The van der Waals surface area contributed by atoms with E-state index >= 15 is 0 Å². The number of benzene rings is 2. The molecular weight excluding hydrogens is 376 g/mol. The number of halogens is 1. The molecule has 0 bridgehead atoms. The van der Waals surface area contributed by atoms with Gasteiger partial charge in [-0.05, 0) is 30.2 Å². The Morgan fingerprint density at radius 3 is 2.58 bits per heavy atom. The summed E-state index contributed by atoms with van der Waals surface area (Å²) >= 11 is 5.87. The molecule has 2 aromatic carbocycles. The van der Waals surface area contributed by atoms with Gasteiger partial charge in [-0.3, -0.25) is 4.79 Å². The molecule has 0 heterocycles. The van der Waals surface area contributed by atoms with Crippen LogP contribution in [0.5, 0.6) is 5.75 Å². The maximum atomic E-state index is 12.4. The van der Waals surface area contributed by atoms with Crippen molar-refractivity contribution in [3.05, 3.63) is 59.1 Å². The third kappa shape index (κ3) is 6.01. The van der Waals surface area contributed by atoms with Crippen molar-refractivity contribution in [1.29, 1.82) is 0 Å². The van der Waals surface area contributed by atoms with Crippen LogP contribution in [-0.4, -0.2) is 28.0 Å². The summed E-state index contributed by atoms with van der Waals surface area (Å²) in [7, 11) is -2.38. The van der Waals surface area contributed by atoms with Crippen molar-refractivity contribution in [1.82, 2.24) is 10.0 Å². The van der Waals surface area contributed by atoms with Crippen LogP contribution in [0.15, 0.2) is 53.4 Å². The van der Waals surface area contributed by atoms with Crippen LogP contribution >= 0.6 is 11.6 Å². The van der Waals surface area contributed by atoms with E-state index < -0.39 is 10.0 Å². The largest absolute Gasteiger partial charge is 0.495 e. The van der Waals surface area contributed by atoms with Gasteiger partial charge in [0.15, 0.2) is 0 Å². The monoisotopic (exact) mass is 396 g/mol. The van der Waals surface area contributed by atoms with Gasteiger partial charge in [0.2, 0.25) is 15.9 Å². The Morgan fingerprint density at radius 2 is 1.88 bits per heavy atom. The van der Waals surface area contributed by atoms with Crippen LogP contribution in [-0.2, 0) is 21.4 Å². The third-order valence-electron chi connectivity index (χ3n) is 3.62. The molecule has 0 spiro atoms. The minimum Gasteiger partial charge on any atom is -0.495 e. The molecule has 26 heavy (non-hydrogen) atoms. The minimum absolute atomic E-state index is 0.0268. The van der Waals surface area contributed by atoms with E-state index in [1.165, 1.54) is 19.2 Å². The molecule has 0 atom stereocenters. The molecule has 2 aromatic rings. The van der Waals surface area contributed by atoms with Crippen molar-refractivity contribution in [3.8, 4) is 5.75 Å². The number of carbonyl (C=O) groups excluding carboxylic acids is 1. The normalized spacial score (nSPS) is 11.2. The summed E-state index contributed by atoms with van der Waals surface area (Å²) in [6.07, 6.45) is 0.602. The lowest BCUT2D eigenvalue weighted by atomic mass is 10.2. The standard InChI is InChI=1S/C18H21ClN2O4S/c1-25-16-10-9-15(19)12-17(16)26(23,24)21-11-5-8-18(22)20-13-14-6-3-2-4-7-14/h2-4,6-7,9-10,12,21H,5,8,11,13H2,1H3,(H,20,22). The molecule has 2 N–H and O–H groups in total. The van der Waals surface area contributed by atoms with Gasteiger partial charge in [-0.1, -0.05) is 41.9 Å². The van der Waals surface area contributed by atoms with Gasteiger partial charge in [-0.2, -0.15) is 0 Å². The molecule has 2 rings (SSSR count). The number of rotatable bonds is 9. The Kier molecular flexibility index (Phi) is 7.44. The zero-order valence-electron chi connectivity index (χ0n) is 14.4. The van der Waals surface area contributed by atoms with Gasteiger partial charge >= 0.3 is 0 Å². The summed E-state index contributed by atoms with van der Waals surface area (Å²) in [4.78, 5) is 11.8. The molecular formula is C18H21ClN2O4S. The average molecular weight is 397 g/mol. The first-order chi connectivity index (χ1) is 12.4. The SMILES string of the molecule is COc1ccc(Cl)cc1S(=O)(=O)NCCCC(=O)NCc1ccccc1. The second kappa shape index (κ2) is 9.56. The van der Waals surface area contributed by atoms with Gasteiger partial charge in [0.1, 0.15) is 10.6 Å². The number of sulfonamides is 1. The summed E-state index contributed by atoms with van der Waals surface area (Å²) < 4.78 is 32.3. The van der Waals surface area contributed by atoms with Crippen molar-refractivity contribution in [3.63, 3.8) is 0 Å². The predicted octanol–water partition coefficient (Wildman–Crippen LogP) is 2.72. The molecule has 6 nitrogen and oxygen atoms in total. The number of ether oxygens (including phenoxy) is 1. The highest BCUT2D eigenvalue weighted by molar-refractivity contribution is 7.89. The minimum atomic E-state index is -3.77.